The lowest BCUT2D eigenvalue weighted by Gasteiger charge is -2.01. The molecule has 6 heteroatoms. The summed E-state index contributed by atoms with van der Waals surface area (Å²) in [6.45, 7) is 6.07. The molecule has 3 aromatic rings. The van der Waals surface area contributed by atoms with Crippen molar-refractivity contribution in [3.05, 3.63) is 36.0 Å². The van der Waals surface area contributed by atoms with E-state index in [2.05, 4.69) is 15.1 Å². The number of hydrogen-bond donors (Lipinski definition) is 0. The molecule has 20 heavy (non-hydrogen) atoms. The van der Waals surface area contributed by atoms with E-state index in [1.807, 2.05) is 45.0 Å². The summed E-state index contributed by atoms with van der Waals surface area (Å²) in [5, 5.41) is 4.59. The van der Waals surface area contributed by atoms with Gasteiger partial charge in [0, 0.05) is 5.92 Å². The van der Waals surface area contributed by atoms with Gasteiger partial charge in [-0.2, -0.15) is 4.98 Å². The molecule has 0 saturated heterocycles. The summed E-state index contributed by atoms with van der Waals surface area (Å²) in [5.41, 5.74) is 1.64. The molecular weight excluding hydrogens is 274 g/mol. The molecule has 2 heterocycles. The Kier molecular flexibility index (Phi) is 3.48. The molecule has 104 valence electrons. The Morgan fingerprint density at radius 2 is 1.90 bits per heavy atom. The first-order chi connectivity index (χ1) is 9.63. The molecule has 0 N–H and O–H groups in total. The summed E-state index contributed by atoms with van der Waals surface area (Å²) >= 11 is 1.47. The zero-order chi connectivity index (χ0) is 14.1. The summed E-state index contributed by atoms with van der Waals surface area (Å²) in [4.78, 5) is 8.82. The topological polar surface area (TPSA) is 65.0 Å². The number of hydrogen-bond acceptors (Lipinski definition) is 6. The molecule has 3 rings (SSSR count). The molecule has 1 unspecified atom stereocenters. The summed E-state index contributed by atoms with van der Waals surface area (Å²) in [6.07, 6.45) is 0. The van der Waals surface area contributed by atoms with E-state index in [0.29, 0.717) is 11.1 Å². The van der Waals surface area contributed by atoms with E-state index in [-0.39, 0.29) is 11.2 Å². The van der Waals surface area contributed by atoms with Crippen LogP contribution in [0.4, 0.5) is 0 Å². The highest BCUT2D eigenvalue weighted by atomic mass is 32.2. The number of thioether (sulfide) groups is 1. The highest BCUT2D eigenvalue weighted by molar-refractivity contribution is 7.99. The summed E-state index contributed by atoms with van der Waals surface area (Å²) in [5.74, 6) is 1.58. The van der Waals surface area contributed by atoms with Crippen molar-refractivity contribution in [2.75, 3.05) is 0 Å². The van der Waals surface area contributed by atoms with Crippen molar-refractivity contribution in [2.45, 2.75) is 37.2 Å². The Balaban J connectivity index is 1.78. The minimum Gasteiger partial charge on any atom is -0.431 e. The van der Waals surface area contributed by atoms with Crippen LogP contribution in [-0.4, -0.2) is 15.1 Å². The molecule has 0 amide bonds. The fourth-order valence-corrected chi connectivity index (χ4v) is 2.54. The fourth-order valence-electron chi connectivity index (χ4n) is 1.75. The molecule has 5 nitrogen and oxygen atoms in total. The molecule has 0 aliphatic carbocycles. The molecule has 0 bridgehead atoms. The van der Waals surface area contributed by atoms with Crippen LogP contribution in [0, 0.1) is 0 Å². The Hall–Kier alpha value is -1.82. The van der Waals surface area contributed by atoms with Gasteiger partial charge in [-0.3, -0.25) is 0 Å². The first-order valence-corrected chi connectivity index (χ1v) is 7.37. The van der Waals surface area contributed by atoms with Gasteiger partial charge in [-0.1, -0.05) is 42.9 Å². The zero-order valence-electron chi connectivity index (χ0n) is 11.5. The van der Waals surface area contributed by atoms with Gasteiger partial charge in [0.2, 0.25) is 5.89 Å². The lowest BCUT2D eigenvalue weighted by molar-refractivity contribution is 0.372. The highest BCUT2D eigenvalue weighted by Gasteiger charge is 2.19. The van der Waals surface area contributed by atoms with Gasteiger partial charge in [0.1, 0.15) is 5.52 Å². The predicted molar refractivity (Wildman–Crippen MR) is 76.7 cm³/mol. The van der Waals surface area contributed by atoms with E-state index in [1.165, 1.54) is 11.8 Å². The minimum absolute atomic E-state index is 0.00284. The molecule has 0 saturated carbocycles. The quantitative estimate of drug-likeness (QED) is 0.671. The number of oxazole rings is 1. The molecule has 0 aliphatic heterocycles. The summed E-state index contributed by atoms with van der Waals surface area (Å²) < 4.78 is 11.0. The number of nitrogens with zero attached hydrogens (tertiary/aromatic N) is 3. The van der Waals surface area contributed by atoms with E-state index in [1.54, 1.807) is 0 Å². The molecule has 1 atom stereocenters. The van der Waals surface area contributed by atoms with Gasteiger partial charge in [-0.25, -0.2) is 4.98 Å². The largest absolute Gasteiger partial charge is 0.431 e. The van der Waals surface area contributed by atoms with Crippen molar-refractivity contribution in [3.63, 3.8) is 0 Å². The Bertz CT molecular complexity index is 687. The van der Waals surface area contributed by atoms with Gasteiger partial charge in [-0.05, 0) is 19.1 Å². The van der Waals surface area contributed by atoms with Crippen molar-refractivity contribution in [2.24, 2.45) is 0 Å². The first kappa shape index (κ1) is 13.2. The third kappa shape index (κ3) is 2.56. The molecular formula is C14H15N3O2S. The van der Waals surface area contributed by atoms with Gasteiger partial charge in [0.15, 0.2) is 11.4 Å². The van der Waals surface area contributed by atoms with Crippen LogP contribution in [0.3, 0.4) is 0 Å². The van der Waals surface area contributed by atoms with E-state index in [9.17, 15) is 0 Å². The second-order valence-corrected chi connectivity index (χ2v) is 6.15. The van der Waals surface area contributed by atoms with E-state index < -0.39 is 0 Å². The van der Waals surface area contributed by atoms with Crippen LogP contribution in [0.1, 0.15) is 43.7 Å². The number of benzene rings is 1. The maximum atomic E-state index is 5.68. The van der Waals surface area contributed by atoms with Crippen molar-refractivity contribution in [3.8, 4) is 0 Å². The Morgan fingerprint density at radius 1 is 1.10 bits per heavy atom. The molecule has 0 radical (unpaired) electrons. The van der Waals surface area contributed by atoms with E-state index >= 15 is 0 Å². The van der Waals surface area contributed by atoms with Crippen molar-refractivity contribution < 1.29 is 8.94 Å². The number of aromatic nitrogens is 3. The number of rotatable bonds is 4. The van der Waals surface area contributed by atoms with E-state index in [4.69, 9.17) is 8.94 Å². The lowest BCUT2D eigenvalue weighted by atomic mass is 10.2. The van der Waals surface area contributed by atoms with Gasteiger partial charge < -0.3 is 8.94 Å². The number of para-hydroxylation sites is 2. The predicted octanol–water partition coefficient (Wildman–Crippen LogP) is 4.19. The summed E-state index contributed by atoms with van der Waals surface area (Å²) in [6, 6.07) is 7.70. The minimum atomic E-state index is 0.00284. The molecule has 2 aromatic heterocycles. The van der Waals surface area contributed by atoms with Crippen LogP contribution in [0.15, 0.2) is 38.4 Å². The normalized spacial score (nSPS) is 13.2. The second-order valence-electron chi connectivity index (χ2n) is 4.85. The SMILES string of the molecule is CC(C)c1noc(C(C)Sc2nc3ccccc3o2)n1. The lowest BCUT2D eigenvalue weighted by Crippen LogP contribution is -1.92. The van der Waals surface area contributed by atoms with Gasteiger partial charge in [-0.15, -0.1) is 0 Å². The van der Waals surface area contributed by atoms with Crippen LogP contribution in [0.5, 0.6) is 0 Å². The maximum Gasteiger partial charge on any atom is 0.257 e. The highest BCUT2D eigenvalue weighted by Crippen LogP contribution is 2.35. The molecule has 0 spiro atoms. The van der Waals surface area contributed by atoms with E-state index in [0.717, 1.165) is 16.9 Å². The van der Waals surface area contributed by atoms with Crippen LogP contribution in [-0.2, 0) is 0 Å². The second kappa shape index (κ2) is 5.28. The smallest absolute Gasteiger partial charge is 0.257 e. The van der Waals surface area contributed by atoms with Crippen LogP contribution >= 0.6 is 11.8 Å². The Labute approximate surface area is 120 Å². The summed E-state index contributed by atoms with van der Waals surface area (Å²) in [7, 11) is 0. The monoisotopic (exact) mass is 289 g/mol. The fraction of sp³-hybridized carbons (Fsp3) is 0.357. The van der Waals surface area contributed by atoms with Crippen molar-refractivity contribution in [1.82, 2.24) is 15.1 Å². The molecule has 0 aliphatic rings. The zero-order valence-corrected chi connectivity index (χ0v) is 12.3. The van der Waals surface area contributed by atoms with Crippen molar-refractivity contribution >= 4 is 22.9 Å². The van der Waals surface area contributed by atoms with Crippen molar-refractivity contribution in [1.29, 1.82) is 0 Å². The molecule has 1 aromatic carbocycles. The maximum absolute atomic E-state index is 5.68. The standard InChI is InChI=1S/C14H15N3O2S/c1-8(2)12-16-13(19-17-12)9(3)20-14-15-10-6-4-5-7-11(10)18-14/h4-9H,1-3H3. The molecule has 0 fully saturated rings. The number of fused-ring (bicyclic) bond motifs is 1. The van der Waals surface area contributed by atoms with Gasteiger partial charge in [0.25, 0.3) is 5.22 Å². The third-order valence-corrected chi connectivity index (χ3v) is 3.80. The Morgan fingerprint density at radius 3 is 2.60 bits per heavy atom. The third-order valence-electron chi connectivity index (χ3n) is 2.87. The average molecular weight is 289 g/mol. The van der Waals surface area contributed by atoms with Crippen LogP contribution < -0.4 is 0 Å². The average Bonchev–Trinajstić information content (AvgIpc) is 3.04. The van der Waals surface area contributed by atoms with Gasteiger partial charge >= 0.3 is 0 Å². The van der Waals surface area contributed by atoms with Gasteiger partial charge in [0.05, 0.1) is 5.25 Å². The van der Waals surface area contributed by atoms with Crippen LogP contribution in [0.25, 0.3) is 11.1 Å². The van der Waals surface area contributed by atoms with Crippen LogP contribution in [0.2, 0.25) is 0 Å². The first-order valence-electron chi connectivity index (χ1n) is 6.49.